The number of nitrogens with zero attached hydrogens (tertiary/aromatic N) is 2. The van der Waals surface area contributed by atoms with Crippen LogP contribution in [-0.4, -0.2) is 41.3 Å². The van der Waals surface area contributed by atoms with Crippen LogP contribution >= 0.6 is 22.6 Å². The molecule has 29 heavy (non-hydrogen) atoms. The van der Waals surface area contributed by atoms with Gasteiger partial charge in [-0.3, -0.25) is 14.4 Å². The van der Waals surface area contributed by atoms with E-state index >= 15 is 0 Å². The molecule has 0 radical (unpaired) electrons. The molecular weight excluding hydrogens is 483 g/mol. The van der Waals surface area contributed by atoms with E-state index in [0.717, 1.165) is 3.57 Å². The van der Waals surface area contributed by atoms with E-state index < -0.39 is 11.6 Å². The fourth-order valence-electron chi connectivity index (χ4n) is 3.47. The van der Waals surface area contributed by atoms with Gasteiger partial charge in [0.1, 0.15) is 11.8 Å². The molecule has 3 amide bonds. The van der Waals surface area contributed by atoms with Crippen LogP contribution in [0.4, 0.5) is 5.69 Å². The number of rotatable bonds is 4. The molecule has 0 N–H and O–H groups in total. The van der Waals surface area contributed by atoms with Crippen LogP contribution in [0.3, 0.4) is 0 Å². The predicted octanol–water partition coefficient (Wildman–Crippen LogP) is 3.87. The third-order valence-corrected chi connectivity index (χ3v) is 5.52. The zero-order chi connectivity index (χ0) is 21.3. The van der Waals surface area contributed by atoms with Gasteiger partial charge < -0.3 is 9.64 Å². The van der Waals surface area contributed by atoms with Crippen molar-refractivity contribution in [3.05, 3.63) is 57.7 Å². The van der Waals surface area contributed by atoms with Crippen LogP contribution in [0, 0.1) is 3.57 Å². The number of anilines is 1. The molecule has 6 nitrogen and oxygen atoms in total. The number of carbonyl (C=O) groups excluding carboxylic acids is 3. The number of imide groups is 1. The molecule has 1 aliphatic heterocycles. The summed E-state index contributed by atoms with van der Waals surface area (Å²) in [5.41, 5.74) is 0.307. The fraction of sp³-hybridized carbons (Fsp3) is 0.318. The summed E-state index contributed by atoms with van der Waals surface area (Å²) < 4.78 is 6.16. The van der Waals surface area contributed by atoms with E-state index in [1.165, 1.54) is 9.80 Å². The molecule has 2 aromatic rings. The van der Waals surface area contributed by atoms with Gasteiger partial charge in [0, 0.05) is 14.7 Å². The SMILES string of the molecule is COc1ccc(C(=O)N(C2CC(=O)N(c3ccc(I)cc3)C2=O)C(C)(C)C)cc1. The van der Waals surface area contributed by atoms with Crippen molar-refractivity contribution >= 4 is 46.0 Å². The number of hydrogen-bond acceptors (Lipinski definition) is 4. The second kappa shape index (κ2) is 8.14. The van der Waals surface area contributed by atoms with Crippen LogP contribution < -0.4 is 9.64 Å². The number of carbonyl (C=O) groups is 3. The Labute approximate surface area is 184 Å². The molecule has 0 saturated carbocycles. The van der Waals surface area contributed by atoms with Crippen molar-refractivity contribution in [3.8, 4) is 5.75 Å². The predicted molar refractivity (Wildman–Crippen MR) is 119 cm³/mol. The van der Waals surface area contributed by atoms with Gasteiger partial charge in [0.2, 0.25) is 5.91 Å². The van der Waals surface area contributed by atoms with Crippen molar-refractivity contribution < 1.29 is 19.1 Å². The van der Waals surface area contributed by atoms with E-state index in [4.69, 9.17) is 4.74 Å². The van der Waals surface area contributed by atoms with Crippen molar-refractivity contribution in [1.29, 1.82) is 0 Å². The zero-order valence-electron chi connectivity index (χ0n) is 16.8. The molecule has 1 saturated heterocycles. The molecule has 3 rings (SSSR count). The molecule has 2 aromatic carbocycles. The summed E-state index contributed by atoms with van der Waals surface area (Å²) in [6.07, 6.45) is -0.0377. The van der Waals surface area contributed by atoms with Gasteiger partial charge in [-0.05, 0) is 91.9 Å². The molecule has 1 unspecified atom stereocenters. The first-order valence-corrected chi connectivity index (χ1v) is 10.3. The van der Waals surface area contributed by atoms with Gasteiger partial charge in [-0.15, -0.1) is 0 Å². The smallest absolute Gasteiger partial charge is 0.257 e. The van der Waals surface area contributed by atoms with Gasteiger partial charge in [-0.2, -0.15) is 0 Å². The minimum atomic E-state index is -0.851. The topological polar surface area (TPSA) is 66.9 Å². The van der Waals surface area contributed by atoms with E-state index in [1.807, 2.05) is 32.9 Å². The first kappa shape index (κ1) is 21.3. The minimum Gasteiger partial charge on any atom is -0.497 e. The highest BCUT2D eigenvalue weighted by Gasteiger charge is 2.47. The Bertz CT molecular complexity index is 933. The molecule has 1 atom stereocenters. The van der Waals surface area contributed by atoms with Crippen LogP contribution in [-0.2, 0) is 9.59 Å². The Hall–Kier alpha value is -2.42. The van der Waals surface area contributed by atoms with Crippen LogP contribution in [0.1, 0.15) is 37.6 Å². The maximum atomic E-state index is 13.3. The first-order chi connectivity index (χ1) is 13.6. The molecule has 0 aromatic heterocycles. The molecule has 1 aliphatic rings. The quantitative estimate of drug-likeness (QED) is 0.467. The molecule has 7 heteroatoms. The average molecular weight is 506 g/mol. The average Bonchev–Trinajstić information content (AvgIpc) is 2.95. The number of halogens is 1. The molecule has 152 valence electrons. The van der Waals surface area contributed by atoms with Crippen molar-refractivity contribution in [3.63, 3.8) is 0 Å². The highest BCUT2D eigenvalue weighted by atomic mass is 127. The van der Waals surface area contributed by atoms with Gasteiger partial charge in [-0.25, -0.2) is 4.90 Å². The number of amides is 3. The van der Waals surface area contributed by atoms with Crippen molar-refractivity contribution in [1.82, 2.24) is 4.90 Å². The number of hydrogen-bond donors (Lipinski definition) is 0. The summed E-state index contributed by atoms with van der Waals surface area (Å²) in [6.45, 7) is 5.58. The Morgan fingerprint density at radius 3 is 2.17 bits per heavy atom. The molecule has 0 aliphatic carbocycles. The van der Waals surface area contributed by atoms with E-state index in [9.17, 15) is 14.4 Å². The molecule has 1 heterocycles. The Kier molecular flexibility index (Phi) is 5.97. The lowest BCUT2D eigenvalue weighted by molar-refractivity contribution is -0.123. The lowest BCUT2D eigenvalue weighted by Crippen LogP contribution is -2.54. The standard InChI is InChI=1S/C22H23IN2O4/c1-22(2,3)25(20(27)14-5-11-17(29-4)12-6-14)18-13-19(26)24(21(18)28)16-9-7-15(23)8-10-16/h5-12,18H,13H2,1-4H3. The van der Waals surface area contributed by atoms with Gasteiger partial charge in [0.25, 0.3) is 11.8 Å². The summed E-state index contributed by atoms with van der Waals surface area (Å²) in [7, 11) is 1.56. The van der Waals surface area contributed by atoms with E-state index in [-0.39, 0.29) is 24.1 Å². The zero-order valence-corrected chi connectivity index (χ0v) is 19.0. The van der Waals surface area contributed by atoms with Crippen molar-refractivity contribution in [2.75, 3.05) is 12.0 Å². The molecule has 0 spiro atoms. The number of benzene rings is 2. The Morgan fingerprint density at radius 1 is 1.07 bits per heavy atom. The summed E-state index contributed by atoms with van der Waals surface area (Å²) >= 11 is 2.17. The Morgan fingerprint density at radius 2 is 1.66 bits per heavy atom. The number of ether oxygens (including phenoxy) is 1. The lowest BCUT2D eigenvalue weighted by Gasteiger charge is -2.39. The molecule has 0 bridgehead atoms. The van der Waals surface area contributed by atoms with Crippen LogP contribution in [0.15, 0.2) is 48.5 Å². The highest BCUT2D eigenvalue weighted by molar-refractivity contribution is 14.1. The second-order valence-corrected chi connectivity index (χ2v) is 9.08. The molecular formula is C22H23IN2O4. The van der Waals surface area contributed by atoms with E-state index in [0.29, 0.717) is 17.0 Å². The van der Waals surface area contributed by atoms with E-state index in [1.54, 1.807) is 43.5 Å². The van der Waals surface area contributed by atoms with Gasteiger partial charge in [0.15, 0.2) is 0 Å². The minimum absolute atomic E-state index is 0.0377. The third-order valence-electron chi connectivity index (χ3n) is 4.80. The summed E-state index contributed by atoms with van der Waals surface area (Å²) in [5.74, 6) is -0.345. The van der Waals surface area contributed by atoms with Crippen LogP contribution in [0.25, 0.3) is 0 Å². The van der Waals surface area contributed by atoms with E-state index in [2.05, 4.69) is 22.6 Å². The maximum Gasteiger partial charge on any atom is 0.257 e. The maximum absolute atomic E-state index is 13.3. The fourth-order valence-corrected chi connectivity index (χ4v) is 3.82. The largest absolute Gasteiger partial charge is 0.497 e. The lowest BCUT2D eigenvalue weighted by atomic mass is 9.99. The first-order valence-electron chi connectivity index (χ1n) is 9.23. The van der Waals surface area contributed by atoms with Crippen LogP contribution in [0.2, 0.25) is 0 Å². The normalized spacial score (nSPS) is 16.9. The summed E-state index contributed by atoms with van der Waals surface area (Å²) in [6, 6.07) is 13.1. The van der Waals surface area contributed by atoms with Gasteiger partial charge >= 0.3 is 0 Å². The Balaban J connectivity index is 1.95. The summed E-state index contributed by atoms with van der Waals surface area (Å²) in [4.78, 5) is 41.9. The van der Waals surface area contributed by atoms with Crippen LogP contribution in [0.5, 0.6) is 5.75 Å². The third kappa shape index (κ3) is 4.29. The number of methoxy groups -OCH3 is 1. The summed E-state index contributed by atoms with van der Waals surface area (Å²) in [5, 5.41) is 0. The van der Waals surface area contributed by atoms with Crippen molar-refractivity contribution in [2.45, 2.75) is 38.8 Å². The monoisotopic (exact) mass is 506 g/mol. The van der Waals surface area contributed by atoms with Gasteiger partial charge in [-0.1, -0.05) is 0 Å². The van der Waals surface area contributed by atoms with Crippen molar-refractivity contribution in [2.24, 2.45) is 0 Å². The molecule has 1 fully saturated rings. The highest BCUT2D eigenvalue weighted by Crippen LogP contribution is 2.31. The second-order valence-electron chi connectivity index (χ2n) is 7.84. The van der Waals surface area contributed by atoms with Gasteiger partial charge in [0.05, 0.1) is 19.2 Å².